The molecule has 4 rings (SSSR count). The number of carboxylic acids is 1. The second kappa shape index (κ2) is 11.8. The fourth-order valence-electron chi connectivity index (χ4n) is 4.35. The minimum atomic E-state index is -1.25. The highest BCUT2D eigenvalue weighted by Gasteiger charge is 2.38. The number of thiazole rings is 1. The molecule has 1 aliphatic heterocycles. The van der Waals surface area contributed by atoms with Crippen LogP contribution in [0.5, 0.6) is 0 Å². The van der Waals surface area contributed by atoms with Gasteiger partial charge in [0.15, 0.2) is 22.5 Å². The second-order valence-electron chi connectivity index (χ2n) is 8.51. The standard InChI is InChI=1S/C25H24ClF2N5O4S/c1-2-37-25(36)18-21(12-3-6-16(29)13(9-12)10-30-11-17(34)35)32-23(24-31-7-8-38-24)33-22(18)14-4-5-15(27)20(28)19(14)26/h4-5,7-8,10,12,22H,2-3,6,9,11,29H2,1H3,(H,32,33)(H,34,35). The summed E-state index contributed by atoms with van der Waals surface area (Å²) in [5.74, 6) is -4.13. The lowest BCUT2D eigenvalue weighted by atomic mass is 9.81. The summed E-state index contributed by atoms with van der Waals surface area (Å²) in [6.45, 7) is 1.31. The molecule has 2 heterocycles. The molecule has 1 aromatic heterocycles. The van der Waals surface area contributed by atoms with Gasteiger partial charge < -0.3 is 20.9 Å². The molecule has 1 aromatic carbocycles. The summed E-state index contributed by atoms with van der Waals surface area (Å²) in [7, 11) is 0. The third kappa shape index (κ3) is 5.76. The summed E-state index contributed by atoms with van der Waals surface area (Å²) in [4.78, 5) is 37.1. The van der Waals surface area contributed by atoms with Crippen LogP contribution in [0, 0.1) is 17.6 Å². The lowest BCUT2D eigenvalue weighted by Gasteiger charge is -2.33. The molecule has 2 aromatic rings. The van der Waals surface area contributed by atoms with E-state index >= 15 is 0 Å². The topological polar surface area (TPSA) is 139 Å². The van der Waals surface area contributed by atoms with Crippen molar-refractivity contribution in [2.24, 2.45) is 21.6 Å². The normalized spacial score (nSPS) is 19.9. The van der Waals surface area contributed by atoms with E-state index in [-0.39, 0.29) is 23.7 Å². The average molecular weight is 564 g/mol. The molecule has 0 radical (unpaired) electrons. The third-order valence-electron chi connectivity index (χ3n) is 6.09. The number of rotatable bonds is 8. The van der Waals surface area contributed by atoms with Crippen LogP contribution in [-0.4, -0.2) is 47.2 Å². The number of aliphatic imine (C=N–C) groups is 2. The van der Waals surface area contributed by atoms with Gasteiger partial charge in [-0.2, -0.15) is 0 Å². The monoisotopic (exact) mass is 563 g/mol. The van der Waals surface area contributed by atoms with Gasteiger partial charge in [-0.1, -0.05) is 17.7 Å². The van der Waals surface area contributed by atoms with Crippen LogP contribution in [0.3, 0.4) is 0 Å². The number of hydrogen-bond donors (Lipinski definition) is 3. The summed E-state index contributed by atoms with van der Waals surface area (Å²) < 4.78 is 33.8. The van der Waals surface area contributed by atoms with Gasteiger partial charge in [-0.25, -0.2) is 18.6 Å². The Labute approximate surface area is 225 Å². The number of carbonyl (C=O) groups is 2. The SMILES string of the molecule is CCOC(=O)C1=C(C2CCC(N)=C(C=NCC(=O)O)C2)NC(c2nccs2)=NC1c1ccc(F)c(F)c1Cl. The van der Waals surface area contributed by atoms with Crippen molar-refractivity contribution >= 4 is 46.9 Å². The number of carboxylic acid groups (broad SMARTS) is 1. The molecule has 1 aliphatic carbocycles. The molecule has 0 amide bonds. The summed E-state index contributed by atoms with van der Waals surface area (Å²) >= 11 is 7.53. The van der Waals surface area contributed by atoms with E-state index in [2.05, 4.69) is 20.3 Å². The van der Waals surface area contributed by atoms with Crippen LogP contribution in [-0.2, 0) is 14.3 Å². The van der Waals surface area contributed by atoms with E-state index in [1.165, 1.54) is 23.6 Å². The Bertz CT molecular complexity index is 1370. The quantitative estimate of drug-likeness (QED) is 0.249. The Morgan fingerprint density at radius 3 is 2.87 bits per heavy atom. The molecule has 2 unspecified atom stereocenters. The van der Waals surface area contributed by atoms with E-state index in [0.717, 1.165) is 6.07 Å². The molecular weight excluding hydrogens is 540 g/mol. The molecule has 0 saturated carbocycles. The number of hydrogen-bond acceptors (Lipinski definition) is 9. The predicted octanol–water partition coefficient (Wildman–Crippen LogP) is 4.15. The molecule has 0 spiro atoms. The van der Waals surface area contributed by atoms with Gasteiger partial charge in [0, 0.05) is 40.7 Å². The number of ether oxygens (including phenoxy) is 1. The van der Waals surface area contributed by atoms with Crippen LogP contribution in [0.4, 0.5) is 8.78 Å². The first kappa shape index (κ1) is 27.4. The number of amidine groups is 1. The second-order valence-corrected chi connectivity index (χ2v) is 9.78. The lowest BCUT2D eigenvalue weighted by Crippen LogP contribution is -2.38. The van der Waals surface area contributed by atoms with Gasteiger partial charge in [0.1, 0.15) is 12.6 Å². The highest BCUT2D eigenvalue weighted by molar-refractivity contribution is 7.11. The van der Waals surface area contributed by atoms with E-state index < -0.39 is 41.2 Å². The molecule has 0 saturated heterocycles. The largest absolute Gasteiger partial charge is 0.480 e. The summed E-state index contributed by atoms with van der Waals surface area (Å²) in [5.41, 5.74) is 8.06. The molecule has 2 aliphatic rings. The summed E-state index contributed by atoms with van der Waals surface area (Å²) in [6, 6.07) is 1.11. The number of allylic oxidation sites excluding steroid dienone is 3. The van der Waals surface area contributed by atoms with Crippen LogP contribution in [0.1, 0.15) is 42.8 Å². The minimum absolute atomic E-state index is 0.0709. The molecule has 4 N–H and O–H groups in total. The zero-order valence-corrected chi connectivity index (χ0v) is 21.8. The maximum absolute atomic E-state index is 14.5. The van der Waals surface area contributed by atoms with Crippen molar-refractivity contribution in [3.8, 4) is 0 Å². The van der Waals surface area contributed by atoms with Crippen LogP contribution in [0.25, 0.3) is 0 Å². The zero-order chi connectivity index (χ0) is 27.4. The van der Waals surface area contributed by atoms with Gasteiger partial charge in [0.05, 0.1) is 17.2 Å². The average Bonchev–Trinajstić information content (AvgIpc) is 3.43. The van der Waals surface area contributed by atoms with Crippen molar-refractivity contribution in [3.05, 3.63) is 73.5 Å². The molecular formula is C25H24ClF2N5O4S. The number of aliphatic carboxylic acids is 1. The van der Waals surface area contributed by atoms with Gasteiger partial charge in [0.25, 0.3) is 0 Å². The number of halogens is 3. The lowest BCUT2D eigenvalue weighted by molar-refractivity contribution is -0.139. The van der Waals surface area contributed by atoms with Crippen molar-refractivity contribution < 1.29 is 28.2 Å². The van der Waals surface area contributed by atoms with Gasteiger partial charge >= 0.3 is 11.9 Å². The Kier molecular flexibility index (Phi) is 8.52. The Morgan fingerprint density at radius 1 is 1.39 bits per heavy atom. The summed E-state index contributed by atoms with van der Waals surface area (Å²) in [6.07, 6.45) is 4.36. The smallest absolute Gasteiger partial charge is 0.338 e. The first-order valence-electron chi connectivity index (χ1n) is 11.7. The van der Waals surface area contributed by atoms with Crippen LogP contribution in [0.15, 0.2) is 56.2 Å². The van der Waals surface area contributed by atoms with E-state index in [1.807, 2.05) is 0 Å². The Hall–Kier alpha value is -3.64. The van der Waals surface area contributed by atoms with Crippen molar-refractivity contribution in [1.82, 2.24) is 10.3 Å². The van der Waals surface area contributed by atoms with Crippen LogP contribution >= 0.6 is 22.9 Å². The molecule has 9 nitrogen and oxygen atoms in total. The molecule has 13 heteroatoms. The molecule has 0 fully saturated rings. The molecule has 2 atom stereocenters. The minimum Gasteiger partial charge on any atom is -0.480 e. The van der Waals surface area contributed by atoms with Crippen molar-refractivity contribution in [2.75, 3.05) is 13.2 Å². The van der Waals surface area contributed by atoms with E-state index in [9.17, 15) is 18.4 Å². The van der Waals surface area contributed by atoms with E-state index in [0.29, 0.717) is 47.1 Å². The number of esters is 1. The highest BCUT2D eigenvalue weighted by Crippen LogP contribution is 2.42. The first-order valence-corrected chi connectivity index (χ1v) is 12.9. The number of nitrogens with two attached hydrogens (primary N) is 1. The molecule has 0 bridgehead atoms. The van der Waals surface area contributed by atoms with Gasteiger partial charge in [-0.15, -0.1) is 11.3 Å². The first-order chi connectivity index (χ1) is 18.2. The maximum Gasteiger partial charge on any atom is 0.338 e. The molecule has 200 valence electrons. The molecule has 38 heavy (non-hydrogen) atoms. The number of benzene rings is 1. The van der Waals surface area contributed by atoms with Gasteiger partial charge in [-0.05, 0) is 37.8 Å². The highest BCUT2D eigenvalue weighted by atomic mass is 35.5. The van der Waals surface area contributed by atoms with Crippen LogP contribution in [0.2, 0.25) is 5.02 Å². The predicted molar refractivity (Wildman–Crippen MR) is 139 cm³/mol. The number of nitrogens with zero attached hydrogens (tertiary/aromatic N) is 3. The number of nitrogens with one attached hydrogen (secondary N) is 1. The van der Waals surface area contributed by atoms with Gasteiger partial charge in [0.2, 0.25) is 0 Å². The van der Waals surface area contributed by atoms with Crippen molar-refractivity contribution in [1.29, 1.82) is 0 Å². The summed E-state index contributed by atoms with van der Waals surface area (Å²) in [5, 5.41) is 13.9. The Balaban J connectivity index is 1.85. The fourth-order valence-corrected chi connectivity index (χ4v) is 5.20. The number of carbonyl (C=O) groups excluding carboxylic acids is 1. The van der Waals surface area contributed by atoms with E-state index in [4.69, 9.17) is 27.2 Å². The fraction of sp³-hybridized carbons (Fsp3) is 0.320. The van der Waals surface area contributed by atoms with E-state index in [1.54, 1.807) is 18.5 Å². The number of aromatic nitrogens is 1. The Morgan fingerprint density at radius 2 is 2.18 bits per heavy atom. The van der Waals surface area contributed by atoms with Crippen molar-refractivity contribution in [3.63, 3.8) is 0 Å². The van der Waals surface area contributed by atoms with Crippen LogP contribution < -0.4 is 11.1 Å². The zero-order valence-electron chi connectivity index (χ0n) is 20.2. The van der Waals surface area contributed by atoms with Gasteiger partial charge in [-0.3, -0.25) is 14.8 Å². The maximum atomic E-state index is 14.5. The third-order valence-corrected chi connectivity index (χ3v) is 7.25. The van der Waals surface area contributed by atoms with Crippen molar-refractivity contribution in [2.45, 2.75) is 32.2 Å².